The van der Waals surface area contributed by atoms with E-state index in [4.69, 9.17) is 5.73 Å². The van der Waals surface area contributed by atoms with Gasteiger partial charge < -0.3 is 10.6 Å². The highest BCUT2D eigenvalue weighted by molar-refractivity contribution is 5.57. The molecule has 18 heavy (non-hydrogen) atoms. The topological polar surface area (TPSA) is 29.3 Å². The summed E-state index contributed by atoms with van der Waals surface area (Å²) in [5.41, 5.74) is 8.62. The number of rotatable bonds is 4. The van der Waals surface area contributed by atoms with Crippen molar-refractivity contribution in [2.45, 2.75) is 45.7 Å². The van der Waals surface area contributed by atoms with Gasteiger partial charge in [0.1, 0.15) is 5.82 Å². The van der Waals surface area contributed by atoms with Gasteiger partial charge in [-0.1, -0.05) is 0 Å². The maximum absolute atomic E-state index is 13.7. The molecule has 1 aliphatic rings. The third kappa shape index (κ3) is 2.51. The quantitative estimate of drug-likeness (QED) is 0.887. The van der Waals surface area contributed by atoms with Crippen LogP contribution in [-0.2, 0) is 0 Å². The van der Waals surface area contributed by atoms with Crippen LogP contribution in [0.15, 0.2) is 12.1 Å². The second-order valence-electron chi connectivity index (χ2n) is 5.64. The van der Waals surface area contributed by atoms with E-state index in [-0.39, 0.29) is 11.9 Å². The van der Waals surface area contributed by atoms with Crippen LogP contribution in [0.3, 0.4) is 0 Å². The van der Waals surface area contributed by atoms with E-state index < -0.39 is 0 Å². The maximum atomic E-state index is 13.7. The predicted octanol–water partition coefficient (Wildman–Crippen LogP) is 3.39. The van der Waals surface area contributed by atoms with E-state index in [1.54, 1.807) is 13.0 Å². The number of anilines is 1. The number of halogens is 1. The summed E-state index contributed by atoms with van der Waals surface area (Å²) in [7, 11) is 2.08. The molecule has 3 heteroatoms. The van der Waals surface area contributed by atoms with Crippen LogP contribution in [0.5, 0.6) is 0 Å². The number of nitrogens with zero attached hydrogens (tertiary/aromatic N) is 1. The Labute approximate surface area is 109 Å². The molecule has 0 aliphatic heterocycles. The van der Waals surface area contributed by atoms with Crippen LogP contribution in [0.2, 0.25) is 0 Å². The Morgan fingerprint density at radius 2 is 1.94 bits per heavy atom. The van der Waals surface area contributed by atoms with Gasteiger partial charge in [0.15, 0.2) is 0 Å². The van der Waals surface area contributed by atoms with Crippen molar-refractivity contribution in [3.8, 4) is 0 Å². The molecule has 1 fully saturated rings. The minimum absolute atomic E-state index is 0.149. The lowest BCUT2D eigenvalue weighted by molar-refractivity contribution is 0.595. The van der Waals surface area contributed by atoms with Crippen LogP contribution in [-0.4, -0.2) is 13.1 Å². The lowest BCUT2D eigenvalue weighted by Gasteiger charge is -2.30. The molecular weight excluding hydrogens is 227 g/mol. The Morgan fingerprint density at radius 1 is 1.33 bits per heavy atom. The number of hydrogen-bond acceptors (Lipinski definition) is 2. The van der Waals surface area contributed by atoms with E-state index >= 15 is 0 Å². The van der Waals surface area contributed by atoms with Gasteiger partial charge in [0.2, 0.25) is 0 Å². The first kappa shape index (κ1) is 13.3. The molecule has 0 radical (unpaired) electrons. The maximum Gasteiger partial charge on any atom is 0.126 e. The Hall–Kier alpha value is -1.09. The third-order valence-electron chi connectivity index (χ3n) is 4.09. The van der Waals surface area contributed by atoms with Gasteiger partial charge in [-0.3, -0.25) is 0 Å². The summed E-state index contributed by atoms with van der Waals surface area (Å²) < 4.78 is 13.7. The van der Waals surface area contributed by atoms with Gasteiger partial charge in [-0.2, -0.15) is 0 Å². The standard InChI is InChI=1S/C15H23FN2/c1-9-7-15(13(10(2)17)8-14(9)16)18(4)11(3)12-5-6-12/h7-8,10-12H,5-6,17H2,1-4H3/t10-,11?/m1/s1. The summed E-state index contributed by atoms with van der Waals surface area (Å²) >= 11 is 0. The zero-order chi connectivity index (χ0) is 13.4. The number of aryl methyl sites for hydroxylation is 1. The molecule has 0 bridgehead atoms. The van der Waals surface area contributed by atoms with E-state index in [0.717, 1.165) is 17.2 Å². The summed E-state index contributed by atoms with van der Waals surface area (Å²) in [6.07, 6.45) is 2.61. The smallest absolute Gasteiger partial charge is 0.126 e. The van der Waals surface area contributed by atoms with Gasteiger partial charge in [0, 0.05) is 24.8 Å². The first-order valence-electron chi connectivity index (χ1n) is 6.70. The van der Waals surface area contributed by atoms with Crippen molar-refractivity contribution in [1.82, 2.24) is 0 Å². The van der Waals surface area contributed by atoms with Crippen molar-refractivity contribution in [2.75, 3.05) is 11.9 Å². The largest absolute Gasteiger partial charge is 0.371 e. The van der Waals surface area contributed by atoms with Gasteiger partial charge >= 0.3 is 0 Å². The molecule has 1 aliphatic carbocycles. The van der Waals surface area contributed by atoms with Gasteiger partial charge in [-0.15, -0.1) is 0 Å². The summed E-state index contributed by atoms with van der Waals surface area (Å²) in [5.74, 6) is 0.611. The highest BCUT2D eigenvalue weighted by atomic mass is 19.1. The van der Waals surface area contributed by atoms with Gasteiger partial charge in [0.25, 0.3) is 0 Å². The molecule has 2 rings (SSSR count). The normalized spacial score (nSPS) is 18.6. The average molecular weight is 250 g/mol. The van der Waals surface area contributed by atoms with E-state index in [0.29, 0.717) is 11.6 Å². The summed E-state index contributed by atoms with van der Waals surface area (Å²) in [6.45, 7) is 5.95. The van der Waals surface area contributed by atoms with Crippen LogP contribution in [0, 0.1) is 18.7 Å². The molecule has 0 heterocycles. The van der Waals surface area contributed by atoms with Gasteiger partial charge in [-0.05, 0) is 62.8 Å². The first-order chi connectivity index (χ1) is 8.41. The Bertz CT molecular complexity index is 438. The van der Waals surface area contributed by atoms with E-state index in [2.05, 4.69) is 18.9 Å². The molecule has 2 N–H and O–H groups in total. The molecule has 0 aromatic heterocycles. The highest BCUT2D eigenvalue weighted by Crippen LogP contribution is 2.38. The third-order valence-corrected chi connectivity index (χ3v) is 4.09. The molecular formula is C15H23FN2. The average Bonchev–Trinajstić information content (AvgIpc) is 3.14. The number of benzene rings is 1. The molecule has 0 amide bonds. The lowest BCUT2D eigenvalue weighted by atomic mass is 10.0. The van der Waals surface area contributed by atoms with E-state index in [1.807, 2.05) is 13.0 Å². The van der Waals surface area contributed by atoms with Crippen molar-refractivity contribution in [1.29, 1.82) is 0 Å². The Balaban J connectivity index is 2.37. The molecule has 100 valence electrons. The zero-order valence-corrected chi connectivity index (χ0v) is 11.7. The SMILES string of the molecule is Cc1cc(N(C)C(C)C2CC2)c([C@@H](C)N)cc1F. The second-order valence-corrected chi connectivity index (χ2v) is 5.64. The number of hydrogen-bond donors (Lipinski definition) is 1. The fourth-order valence-electron chi connectivity index (χ4n) is 2.47. The van der Waals surface area contributed by atoms with Gasteiger partial charge in [-0.25, -0.2) is 4.39 Å². The zero-order valence-electron chi connectivity index (χ0n) is 11.7. The van der Waals surface area contributed by atoms with Crippen molar-refractivity contribution in [3.05, 3.63) is 29.1 Å². The van der Waals surface area contributed by atoms with Crippen LogP contribution in [0.25, 0.3) is 0 Å². The number of nitrogens with two attached hydrogens (primary N) is 1. The highest BCUT2D eigenvalue weighted by Gasteiger charge is 2.31. The van der Waals surface area contributed by atoms with Crippen LogP contribution in [0.1, 0.15) is 43.9 Å². The molecule has 1 unspecified atom stereocenters. The summed E-state index contributed by atoms with van der Waals surface area (Å²) in [5, 5.41) is 0. The van der Waals surface area contributed by atoms with Crippen LogP contribution in [0.4, 0.5) is 10.1 Å². The van der Waals surface area contributed by atoms with E-state index in [9.17, 15) is 4.39 Å². The van der Waals surface area contributed by atoms with Crippen molar-refractivity contribution in [2.24, 2.45) is 11.7 Å². The monoisotopic (exact) mass is 250 g/mol. The molecule has 1 aromatic rings. The minimum atomic E-state index is -0.168. The minimum Gasteiger partial charge on any atom is -0.371 e. The van der Waals surface area contributed by atoms with Gasteiger partial charge in [0.05, 0.1) is 0 Å². The Kier molecular flexibility index (Phi) is 3.62. The van der Waals surface area contributed by atoms with E-state index in [1.165, 1.54) is 12.8 Å². The van der Waals surface area contributed by atoms with Crippen LogP contribution < -0.4 is 10.6 Å². The molecule has 0 spiro atoms. The fourth-order valence-corrected chi connectivity index (χ4v) is 2.47. The molecule has 2 atom stereocenters. The Morgan fingerprint density at radius 3 is 2.44 bits per heavy atom. The first-order valence-corrected chi connectivity index (χ1v) is 6.70. The lowest BCUT2D eigenvalue weighted by Crippen LogP contribution is -2.32. The summed E-state index contributed by atoms with van der Waals surface area (Å²) in [4.78, 5) is 2.25. The molecule has 1 aromatic carbocycles. The van der Waals surface area contributed by atoms with Crippen molar-refractivity contribution in [3.63, 3.8) is 0 Å². The molecule has 0 saturated heterocycles. The van der Waals surface area contributed by atoms with Crippen molar-refractivity contribution >= 4 is 5.69 Å². The molecule has 1 saturated carbocycles. The predicted molar refractivity (Wildman–Crippen MR) is 74.3 cm³/mol. The summed E-state index contributed by atoms with van der Waals surface area (Å²) in [6, 6.07) is 3.86. The van der Waals surface area contributed by atoms with Crippen molar-refractivity contribution < 1.29 is 4.39 Å². The fraction of sp³-hybridized carbons (Fsp3) is 0.600. The van der Waals surface area contributed by atoms with Crippen LogP contribution >= 0.6 is 0 Å². The second kappa shape index (κ2) is 4.88. The molecule has 2 nitrogen and oxygen atoms in total.